The molecule has 0 bridgehead atoms. The zero-order valence-corrected chi connectivity index (χ0v) is 21.8. The Morgan fingerprint density at radius 1 is 1.03 bits per heavy atom. The van der Waals surface area contributed by atoms with Crippen molar-refractivity contribution < 1.29 is 50.1 Å². The van der Waals surface area contributed by atoms with E-state index < -0.39 is 33.0 Å². The van der Waals surface area contributed by atoms with Crippen LogP contribution < -0.4 is 4.74 Å². The number of halogens is 3. The molecule has 8 nitrogen and oxygen atoms in total. The van der Waals surface area contributed by atoms with Crippen LogP contribution in [0, 0.1) is 13.8 Å². The molecule has 0 saturated heterocycles. The van der Waals surface area contributed by atoms with Crippen molar-refractivity contribution in [3.8, 4) is 5.75 Å². The summed E-state index contributed by atoms with van der Waals surface area (Å²) in [5, 5.41) is 11.5. The summed E-state index contributed by atoms with van der Waals surface area (Å²) in [6, 6.07) is 15.3. The van der Waals surface area contributed by atoms with Crippen LogP contribution in [-0.2, 0) is 20.3 Å². The Balaban J connectivity index is 0.000000436. The number of hydrogen-bond acceptors (Lipinski definition) is 6. The fourth-order valence-corrected chi connectivity index (χ4v) is 4.62. The smallest absolute Gasteiger partial charge is 0.485 e. The van der Waals surface area contributed by atoms with Gasteiger partial charge < -0.3 is 14.4 Å². The van der Waals surface area contributed by atoms with Crippen LogP contribution >= 0.6 is 0 Å². The van der Waals surface area contributed by atoms with Crippen molar-refractivity contribution in [3.05, 3.63) is 70.8 Å². The maximum atomic E-state index is 13.4. The van der Waals surface area contributed by atoms with Gasteiger partial charge in [0.05, 0.1) is 11.0 Å². The molecule has 0 aliphatic carbocycles. The summed E-state index contributed by atoms with van der Waals surface area (Å²) >= 11 is 0. The van der Waals surface area contributed by atoms with Crippen molar-refractivity contribution in [1.82, 2.24) is 0 Å². The van der Waals surface area contributed by atoms with Crippen LogP contribution in [0.4, 0.5) is 18.9 Å². The number of carbonyl (C=O) groups is 2. The van der Waals surface area contributed by atoms with Gasteiger partial charge in [-0.15, -0.1) is 0 Å². The molecule has 0 atom stereocenters. The van der Waals surface area contributed by atoms with Crippen LogP contribution in [0.15, 0.2) is 48.5 Å². The number of rotatable bonds is 3. The molecule has 1 aliphatic heterocycles. The van der Waals surface area contributed by atoms with E-state index in [2.05, 4.69) is 18.2 Å². The second kappa shape index (κ2) is 9.84. The lowest BCUT2D eigenvalue weighted by Crippen LogP contribution is -2.38. The van der Waals surface area contributed by atoms with Gasteiger partial charge in [0, 0.05) is 11.6 Å². The second-order valence-corrected chi connectivity index (χ2v) is 10.6. The number of aromatic carboxylic acids is 1. The van der Waals surface area contributed by atoms with Gasteiger partial charge in [0.1, 0.15) is 12.8 Å². The molecule has 0 fully saturated rings. The summed E-state index contributed by atoms with van der Waals surface area (Å²) in [7, 11) is -4.21. The van der Waals surface area contributed by atoms with Crippen molar-refractivity contribution in [2.75, 3.05) is 7.05 Å². The Morgan fingerprint density at radius 3 is 2.05 bits per heavy atom. The zero-order valence-electron chi connectivity index (χ0n) is 21.0. The number of hydrogen-bond donors (Lipinski definition) is 1. The Morgan fingerprint density at radius 2 is 1.55 bits per heavy atom. The predicted molar refractivity (Wildman–Crippen MR) is 132 cm³/mol. The zero-order chi connectivity index (χ0) is 28.8. The van der Waals surface area contributed by atoms with Gasteiger partial charge in [-0.25, -0.2) is 18.0 Å². The molecule has 202 valence electrons. The molecular formula is C26H24F3NO7S. The number of carboxylic acids is 1. The van der Waals surface area contributed by atoms with Crippen molar-refractivity contribution in [2.45, 2.75) is 38.6 Å². The number of carboxylic acid groups (broad SMARTS) is 1. The molecule has 0 amide bonds. The molecule has 1 aliphatic rings. The van der Waals surface area contributed by atoms with E-state index in [9.17, 15) is 27.9 Å². The normalized spacial score (nSPS) is 14.6. The number of alkyl halides is 3. The lowest BCUT2D eigenvalue weighted by atomic mass is 9.79. The first-order valence-corrected chi connectivity index (χ1v) is 12.5. The summed E-state index contributed by atoms with van der Waals surface area (Å²) < 4.78 is 66.6. The average Bonchev–Trinajstić information content (AvgIpc) is 3.00. The maximum absolute atomic E-state index is 13.4. The molecule has 0 aromatic heterocycles. The molecular weight excluding hydrogens is 527 g/mol. The van der Waals surface area contributed by atoms with E-state index in [4.69, 9.17) is 17.7 Å². The topological polar surface area (TPSA) is 124 Å². The Kier molecular flexibility index (Phi) is 7.46. The van der Waals surface area contributed by atoms with Gasteiger partial charge in [-0.1, -0.05) is 24.3 Å². The summed E-state index contributed by atoms with van der Waals surface area (Å²) in [4.78, 5) is 24.6. The highest BCUT2D eigenvalue weighted by molar-refractivity contribution is 7.86. The molecule has 0 spiro atoms. The van der Waals surface area contributed by atoms with Crippen LogP contribution in [0.2, 0.25) is 0 Å². The van der Waals surface area contributed by atoms with Gasteiger partial charge in [-0.05, 0) is 67.8 Å². The Bertz CT molecular complexity index is 1580. The van der Waals surface area contributed by atoms with Gasteiger partial charge in [-0.2, -0.15) is 17.7 Å². The quantitative estimate of drug-likeness (QED) is 0.163. The highest BCUT2D eigenvalue weighted by Gasteiger charge is 2.50. The van der Waals surface area contributed by atoms with Crippen molar-refractivity contribution in [2.24, 2.45) is 0 Å². The number of aryl methyl sites for hydroxylation is 2. The molecule has 12 heteroatoms. The van der Waals surface area contributed by atoms with Gasteiger partial charge in [0.2, 0.25) is 5.69 Å². The molecule has 4 rings (SSSR count). The lowest BCUT2D eigenvalue weighted by Gasteiger charge is -2.19. The number of carbonyl (C=O) groups excluding carboxylic acids is 1. The summed E-state index contributed by atoms with van der Waals surface area (Å²) in [5.74, 6) is -1.04. The molecule has 0 radical (unpaired) electrons. The standard InChI is InChI=1S/C25H23NO4.CHF3O3S/c1-14-12-17(23(27)28)13-15(2)21(14)30-24(29)22-25(3,4)20-18-9-7-6-8-16(18)10-11-19(20)26(22)5;2-1(3,4)8(5,6)7/h6-13H,1-5H3;(H,5,6,7). The van der Waals surface area contributed by atoms with E-state index in [1.165, 1.54) is 12.1 Å². The highest BCUT2D eigenvalue weighted by atomic mass is 32.2. The second-order valence-electron chi connectivity index (χ2n) is 9.25. The fraction of sp³-hybridized carbons (Fsp3) is 0.269. The third-order valence-electron chi connectivity index (χ3n) is 6.20. The lowest BCUT2D eigenvalue weighted by molar-refractivity contribution is -0.402. The monoisotopic (exact) mass is 551 g/mol. The van der Waals surface area contributed by atoms with E-state index in [1.54, 1.807) is 13.8 Å². The van der Waals surface area contributed by atoms with Crippen LogP contribution in [-0.4, -0.2) is 52.9 Å². The van der Waals surface area contributed by atoms with Gasteiger partial charge in [0.25, 0.3) is 5.71 Å². The first kappa shape index (κ1) is 28.8. The largest absolute Gasteiger partial charge is 0.741 e. The summed E-state index contributed by atoms with van der Waals surface area (Å²) in [6.45, 7) is 7.56. The molecule has 38 heavy (non-hydrogen) atoms. The molecule has 1 heterocycles. The summed E-state index contributed by atoms with van der Waals surface area (Å²) in [5.41, 5.74) is -2.15. The van der Waals surface area contributed by atoms with Gasteiger partial charge in [-0.3, -0.25) is 0 Å². The number of fused-ring (bicyclic) bond motifs is 3. The van der Waals surface area contributed by atoms with Crippen molar-refractivity contribution in [1.29, 1.82) is 0 Å². The van der Waals surface area contributed by atoms with Crippen molar-refractivity contribution >= 4 is 44.2 Å². The fourth-order valence-electron chi connectivity index (χ4n) is 4.62. The third-order valence-corrected chi connectivity index (χ3v) is 6.77. The summed E-state index contributed by atoms with van der Waals surface area (Å²) in [6.07, 6.45) is 0. The molecule has 0 unspecified atom stereocenters. The van der Waals surface area contributed by atoms with Crippen LogP contribution in [0.25, 0.3) is 10.8 Å². The predicted octanol–water partition coefficient (Wildman–Crippen LogP) is 4.82. The SMILES string of the molecule is Cc1cc(C(=O)O)cc(C)c1OC(=O)C1=[N+](C)c2ccc3ccccc3c2C1(C)C.O=S(=O)([O-])C(F)(F)F. The number of ether oxygens (including phenoxy) is 1. The Hall–Kier alpha value is -3.77. The molecule has 0 saturated carbocycles. The molecule has 3 aromatic carbocycles. The van der Waals surface area contributed by atoms with E-state index in [-0.39, 0.29) is 5.56 Å². The number of nitrogens with zero attached hydrogens (tertiary/aromatic N) is 1. The van der Waals surface area contributed by atoms with Gasteiger partial charge in [0.15, 0.2) is 10.1 Å². The number of benzene rings is 3. The molecule has 3 aromatic rings. The minimum atomic E-state index is -6.09. The number of esters is 1. The van der Waals surface area contributed by atoms with Crippen LogP contribution in [0.3, 0.4) is 0 Å². The maximum Gasteiger partial charge on any atom is 0.485 e. The minimum Gasteiger partial charge on any atom is -0.741 e. The minimum absolute atomic E-state index is 0.176. The van der Waals surface area contributed by atoms with Crippen LogP contribution in [0.1, 0.15) is 40.9 Å². The highest BCUT2D eigenvalue weighted by Crippen LogP contribution is 2.43. The first-order valence-electron chi connectivity index (χ1n) is 11.1. The first-order chi connectivity index (χ1) is 17.4. The third kappa shape index (κ3) is 5.27. The van der Waals surface area contributed by atoms with Crippen molar-refractivity contribution in [3.63, 3.8) is 0 Å². The van der Waals surface area contributed by atoms with Crippen LogP contribution in [0.5, 0.6) is 5.75 Å². The van der Waals surface area contributed by atoms with E-state index in [0.29, 0.717) is 22.6 Å². The van der Waals surface area contributed by atoms with Gasteiger partial charge >= 0.3 is 17.4 Å². The van der Waals surface area contributed by atoms with E-state index >= 15 is 0 Å². The average molecular weight is 552 g/mol. The van der Waals surface area contributed by atoms with E-state index in [1.807, 2.05) is 43.7 Å². The molecule has 1 N–H and O–H groups in total. The van der Waals surface area contributed by atoms with E-state index in [0.717, 1.165) is 22.0 Å². The Labute approximate surface area is 216 Å².